The molecule has 17 heavy (non-hydrogen) atoms. The van der Waals surface area contributed by atoms with Gasteiger partial charge < -0.3 is 15.3 Å². The minimum atomic E-state index is -0.785. The summed E-state index contributed by atoms with van der Waals surface area (Å²) >= 11 is 0. The molecule has 0 bridgehead atoms. The third kappa shape index (κ3) is 4.24. The number of urea groups is 1. The lowest BCUT2D eigenvalue weighted by molar-refractivity contribution is -0.139. The highest BCUT2D eigenvalue weighted by molar-refractivity contribution is 5.75. The molecule has 2 N–H and O–H groups in total. The monoisotopic (exact) mass is 242 g/mol. The molecule has 0 atom stereocenters. The van der Waals surface area contributed by atoms with Crippen LogP contribution in [-0.2, 0) is 4.79 Å². The molecule has 1 aliphatic heterocycles. The van der Waals surface area contributed by atoms with Gasteiger partial charge in [-0.3, -0.25) is 4.79 Å². The number of hydrogen-bond donors (Lipinski definition) is 2. The van der Waals surface area contributed by atoms with Crippen LogP contribution >= 0.6 is 0 Å². The maximum Gasteiger partial charge on any atom is 0.317 e. The van der Waals surface area contributed by atoms with Crippen molar-refractivity contribution in [1.29, 1.82) is 0 Å². The van der Waals surface area contributed by atoms with Gasteiger partial charge in [-0.1, -0.05) is 26.7 Å². The van der Waals surface area contributed by atoms with Gasteiger partial charge in [-0.05, 0) is 5.92 Å². The lowest BCUT2D eigenvalue weighted by Gasteiger charge is -2.38. The number of nitrogens with one attached hydrogen (secondary N) is 1. The van der Waals surface area contributed by atoms with Crippen molar-refractivity contribution in [1.82, 2.24) is 10.2 Å². The van der Waals surface area contributed by atoms with Crippen molar-refractivity contribution < 1.29 is 14.7 Å². The highest BCUT2D eigenvalue weighted by atomic mass is 16.4. The van der Waals surface area contributed by atoms with Crippen LogP contribution in [0, 0.1) is 11.8 Å². The first-order valence-electron chi connectivity index (χ1n) is 6.31. The summed E-state index contributed by atoms with van der Waals surface area (Å²) in [5.41, 5.74) is 0. The molecule has 98 valence electrons. The molecule has 0 aromatic rings. The highest BCUT2D eigenvalue weighted by Gasteiger charge is 2.31. The highest BCUT2D eigenvalue weighted by Crippen LogP contribution is 2.18. The Hall–Kier alpha value is -1.26. The molecule has 0 aliphatic carbocycles. The fraction of sp³-hybridized carbons (Fsp3) is 0.833. The molecular formula is C12H22N2O3. The maximum atomic E-state index is 11.7. The van der Waals surface area contributed by atoms with Crippen LogP contribution in [0.3, 0.4) is 0 Å². The SMILES string of the molecule is CCC(CC)CNC(=O)N1CC(CC(=O)O)C1. The molecule has 1 heterocycles. The topological polar surface area (TPSA) is 69.6 Å². The third-order valence-corrected chi connectivity index (χ3v) is 3.40. The zero-order chi connectivity index (χ0) is 12.8. The number of carboxylic acid groups (broad SMARTS) is 1. The predicted octanol–water partition coefficient (Wildman–Crippen LogP) is 1.54. The fourth-order valence-corrected chi connectivity index (χ4v) is 2.03. The van der Waals surface area contributed by atoms with E-state index in [1.807, 2.05) is 0 Å². The molecule has 0 aromatic heterocycles. The first-order valence-corrected chi connectivity index (χ1v) is 6.31. The van der Waals surface area contributed by atoms with Crippen LogP contribution in [0.2, 0.25) is 0 Å². The van der Waals surface area contributed by atoms with Gasteiger partial charge in [0.25, 0.3) is 0 Å². The molecule has 5 heteroatoms. The number of carboxylic acids is 1. The predicted molar refractivity (Wildman–Crippen MR) is 64.8 cm³/mol. The summed E-state index contributed by atoms with van der Waals surface area (Å²) in [4.78, 5) is 23.8. The molecule has 0 unspecified atom stereocenters. The van der Waals surface area contributed by atoms with E-state index in [9.17, 15) is 9.59 Å². The van der Waals surface area contributed by atoms with Gasteiger partial charge >= 0.3 is 12.0 Å². The van der Waals surface area contributed by atoms with Crippen molar-refractivity contribution in [2.45, 2.75) is 33.1 Å². The van der Waals surface area contributed by atoms with Crippen LogP contribution in [0.4, 0.5) is 4.79 Å². The Bertz CT molecular complexity index is 271. The molecule has 1 fully saturated rings. The maximum absolute atomic E-state index is 11.7. The number of hydrogen-bond acceptors (Lipinski definition) is 2. The first kappa shape index (κ1) is 13.8. The second kappa shape index (κ2) is 6.47. The van der Waals surface area contributed by atoms with Crippen LogP contribution in [0.15, 0.2) is 0 Å². The lowest BCUT2D eigenvalue weighted by Crippen LogP contribution is -2.54. The Balaban J connectivity index is 2.17. The molecule has 0 aromatic carbocycles. The number of nitrogens with zero attached hydrogens (tertiary/aromatic N) is 1. The number of amides is 2. The Morgan fingerprint density at radius 2 is 1.94 bits per heavy atom. The van der Waals surface area contributed by atoms with Gasteiger partial charge in [0.2, 0.25) is 0 Å². The van der Waals surface area contributed by atoms with Crippen LogP contribution < -0.4 is 5.32 Å². The van der Waals surface area contributed by atoms with Gasteiger partial charge in [0, 0.05) is 25.6 Å². The number of carbonyl (C=O) groups excluding carboxylic acids is 1. The summed E-state index contributed by atoms with van der Waals surface area (Å²) in [5, 5.41) is 11.5. The summed E-state index contributed by atoms with van der Waals surface area (Å²) in [6.07, 6.45) is 2.30. The number of aliphatic carboxylic acids is 1. The zero-order valence-corrected chi connectivity index (χ0v) is 10.6. The second-order valence-electron chi connectivity index (χ2n) is 4.74. The van der Waals surface area contributed by atoms with Gasteiger partial charge in [0.15, 0.2) is 0 Å². The minimum Gasteiger partial charge on any atom is -0.481 e. The quantitative estimate of drug-likeness (QED) is 0.742. The van der Waals surface area contributed by atoms with Crippen molar-refractivity contribution in [2.75, 3.05) is 19.6 Å². The lowest BCUT2D eigenvalue weighted by atomic mass is 9.97. The molecule has 1 saturated heterocycles. The van der Waals surface area contributed by atoms with E-state index >= 15 is 0 Å². The Kier molecular flexibility index (Phi) is 5.25. The van der Waals surface area contributed by atoms with E-state index < -0.39 is 5.97 Å². The van der Waals surface area contributed by atoms with E-state index in [1.165, 1.54) is 0 Å². The van der Waals surface area contributed by atoms with Crippen LogP contribution in [0.1, 0.15) is 33.1 Å². The minimum absolute atomic E-state index is 0.0569. The second-order valence-corrected chi connectivity index (χ2v) is 4.74. The van der Waals surface area contributed by atoms with Gasteiger partial charge in [0.05, 0.1) is 6.42 Å². The molecule has 0 radical (unpaired) electrons. The molecular weight excluding hydrogens is 220 g/mol. The summed E-state index contributed by atoms with van der Waals surface area (Å²) in [7, 11) is 0. The fourth-order valence-electron chi connectivity index (χ4n) is 2.03. The van der Waals surface area contributed by atoms with Crippen molar-refractivity contribution in [2.24, 2.45) is 11.8 Å². The summed E-state index contributed by atoms with van der Waals surface area (Å²) in [6, 6.07) is -0.0569. The summed E-state index contributed by atoms with van der Waals surface area (Å²) in [6.45, 7) is 6.09. The van der Waals surface area contributed by atoms with E-state index in [4.69, 9.17) is 5.11 Å². The molecule has 1 rings (SSSR count). The van der Waals surface area contributed by atoms with Gasteiger partial charge in [-0.25, -0.2) is 4.79 Å². The van der Waals surface area contributed by atoms with Gasteiger partial charge in [-0.15, -0.1) is 0 Å². The number of carbonyl (C=O) groups is 2. The van der Waals surface area contributed by atoms with Crippen LogP contribution in [-0.4, -0.2) is 41.6 Å². The van der Waals surface area contributed by atoms with Crippen molar-refractivity contribution in [3.8, 4) is 0 Å². The van der Waals surface area contributed by atoms with Crippen LogP contribution in [0.5, 0.6) is 0 Å². The average Bonchev–Trinajstić information content (AvgIpc) is 2.23. The van der Waals surface area contributed by atoms with Gasteiger partial charge in [0.1, 0.15) is 0 Å². The van der Waals surface area contributed by atoms with Crippen molar-refractivity contribution >= 4 is 12.0 Å². The summed E-state index contributed by atoms with van der Waals surface area (Å²) in [5.74, 6) is -0.117. The smallest absolute Gasteiger partial charge is 0.317 e. The molecule has 1 aliphatic rings. The number of likely N-dealkylation sites (tertiary alicyclic amines) is 1. The van der Waals surface area contributed by atoms with Crippen molar-refractivity contribution in [3.63, 3.8) is 0 Å². The summed E-state index contributed by atoms with van der Waals surface area (Å²) < 4.78 is 0. The normalized spacial score (nSPS) is 15.8. The van der Waals surface area contributed by atoms with E-state index in [-0.39, 0.29) is 18.4 Å². The zero-order valence-electron chi connectivity index (χ0n) is 10.6. The van der Waals surface area contributed by atoms with E-state index in [0.29, 0.717) is 25.6 Å². The van der Waals surface area contributed by atoms with Crippen LogP contribution in [0.25, 0.3) is 0 Å². The number of rotatable bonds is 6. The standard InChI is InChI=1S/C12H22N2O3/c1-3-9(4-2)6-13-12(17)14-7-10(8-14)5-11(15)16/h9-10H,3-8H2,1-2H3,(H,13,17)(H,15,16). The Morgan fingerprint density at radius 1 is 1.35 bits per heavy atom. The largest absolute Gasteiger partial charge is 0.481 e. The van der Waals surface area contributed by atoms with E-state index in [0.717, 1.165) is 12.8 Å². The first-order chi connectivity index (χ1) is 8.06. The Labute approximate surface area is 102 Å². The molecule has 0 spiro atoms. The third-order valence-electron chi connectivity index (χ3n) is 3.40. The molecule has 2 amide bonds. The van der Waals surface area contributed by atoms with Crippen molar-refractivity contribution in [3.05, 3.63) is 0 Å². The van der Waals surface area contributed by atoms with E-state index in [1.54, 1.807) is 4.90 Å². The molecule has 0 saturated carbocycles. The van der Waals surface area contributed by atoms with E-state index in [2.05, 4.69) is 19.2 Å². The Morgan fingerprint density at radius 3 is 2.41 bits per heavy atom. The van der Waals surface area contributed by atoms with Gasteiger partial charge in [-0.2, -0.15) is 0 Å². The average molecular weight is 242 g/mol. The molecule has 5 nitrogen and oxygen atoms in total.